The van der Waals surface area contributed by atoms with E-state index in [1.165, 1.54) is 72.1 Å². The van der Waals surface area contributed by atoms with Crippen molar-refractivity contribution in [3.8, 4) is 44.5 Å². The highest BCUT2D eigenvalue weighted by Crippen LogP contribution is 2.55. The number of nitrogens with zero attached hydrogens (tertiary/aromatic N) is 1. The third-order valence-corrected chi connectivity index (χ3v) is 10.5. The molecular weight excluding hydrogens is 603 g/mol. The number of fused-ring (bicyclic) bond motifs is 4. The zero-order valence-electron chi connectivity index (χ0n) is 28.3. The largest absolute Gasteiger partial charge is 0.309 e. The molecule has 0 radical (unpaired) electrons. The first-order valence-electron chi connectivity index (χ1n) is 17.4. The maximum atomic E-state index is 2.49. The molecule has 8 aromatic carbocycles. The molecule has 0 fully saturated rings. The summed E-state index contributed by atoms with van der Waals surface area (Å²) in [5, 5.41) is 2.47. The molecule has 238 valence electrons. The van der Waals surface area contributed by atoms with Crippen molar-refractivity contribution in [2.45, 2.75) is 19.3 Å². The normalized spacial score (nSPS) is 12.8. The summed E-state index contributed by atoms with van der Waals surface area (Å²) in [4.78, 5) is 2.49. The average molecular weight is 640 g/mol. The summed E-state index contributed by atoms with van der Waals surface area (Å²) in [6.45, 7) is 4.71. The third kappa shape index (κ3) is 5.02. The maximum absolute atomic E-state index is 2.49. The fourth-order valence-electron chi connectivity index (χ4n) is 7.89. The predicted molar refractivity (Wildman–Crippen MR) is 213 cm³/mol. The van der Waals surface area contributed by atoms with Crippen molar-refractivity contribution in [1.29, 1.82) is 0 Å². The fourth-order valence-corrected chi connectivity index (χ4v) is 7.89. The van der Waals surface area contributed by atoms with E-state index in [0.29, 0.717) is 0 Å². The zero-order valence-corrected chi connectivity index (χ0v) is 28.3. The van der Waals surface area contributed by atoms with E-state index in [2.05, 4.69) is 207 Å². The Bertz CT molecular complexity index is 2490. The molecule has 1 aliphatic rings. The molecule has 0 saturated carbocycles. The van der Waals surface area contributed by atoms with Crippen molar-refractivity contribution < 1.29 is 0 Å². The lowest BCUT2D eigenvalue weighted by Crippen LogP contribution is -2.16. The monoisotopic (exact) mass is 639 g/mol. The Morgan fingerprint density at radius 3 is 1.70 bits per heavy atom. The van der Waals surface area contributed by atoms with Gasteiger partial charge in [-0.3, -0.25) is 0 Å². The molecule has 1 heteroatoms. The van der Waals surface area contributed by atoms with E-state index in [9.17, 15) is 0 Å². The van der Waals surface area contributed by atoms with Crippen LogP contribution in [0.2, 0.25) is 0 Å². The van der Waals surface area contributed by atoms with Gasteiger partial charge >= 0.3 is 0 Å². The summed E-state index contributed by atoms with van der Waals surface area (Å²) in [7, 11) is 0. The van der Waals surface area contributed by atoms with Gasteiger partial charge in [-0.25, -0.2) is 0 Å². The minimum absolute atomic E-state index is 0.108. The second-order valence-electron chi connectivity index (χ2n) is 13.8. The van der Waals surface area contributed by atoms with Gasteiger partial charge in [-0.05, 0) is 91.7 Å². The summed E-state index contributed by atoms with van der Waals surface area (Å²) in [5.74, 6) is 0. The number of benzene rings is 8. The van der Waals surface area contributed by atoms with Gasteiger partial charge in [0, 0.05) is 22.2 Å². The molecule has 1 aliphatic carbocycles. The topological polar surface area (TPSA) is 3.24 Å². The first kappa shape index (κ1) is 29.9. The highest BCUT2D eigenvalue weighted by molar-refractivity contribution is 5.99. The van der Waals surface area contributed by atoms with Gasteiger partial charge in [-0.1, -0.05) is 166 Å². The van der Waals surface area contributed by atoms with Gasteiger partial charge in [0.05, 0.1) is 11.4 Å². The van der Waals surface area contributed by atoms with Gasteiger partial charge in [-0.2, -0.15) is 0 Å². The van der Waals surface area contributed by atoms with Crippen LogP contribution in [0.25, 0.3) is 55.3 Å². The molecule has 0 heterocycles. The molecule has 0 unspecified atom stereocenters. The number of anilines is 3. The van der Waals surface area contributed by atoms with Crippen LogP contribution in [0, 0.1) is 0 Å². The predicted octanol–water partition coefficient (Wildman–Crippen LogP) is 13.6. The van der Waals surface area contributed by atoms with Crippen LogP contribution in [-0.4, -0.2) is 0 Å². The van der Waals surface area contributed by atoms with E-state index in [1.54, 1.807) is 0 Å². The first-order chi connectivity index (χ1) is 24.6. The number of rotatable bonds is 6. The van der Waals surface area contributed by atoms with E-state index in [4.69, 9.17) is 0 Å². The molecule has 8 aromatic rings. The van der Waals surface area contributed by atoms with Crippen molar-refractivity contribution in [3.63, 3.8) is 0 Å². The lowest BCUT2D eigenvalue weighted by atomic mass is 9.82. The number of hydrogen-bond acceptors (Lipinski definition) is 1. The molecule has 0 spiro atoms. The summed E-state index contributed by atoms with van der Waals surface area (Å²) in [6.07, 6.45) is 0. The van der Waals surface area contributed by atoms with E-state index in [1.807, 2.05) is 0 Å². The Morgan fingerprint density at radius 1 is 0.360 bits per heavy atom. The Kier molecular flexibility index (Phi) is 7.21. The molecule has 1 nitrogen and oxygen atoms in total. The van der Waals surface area contributed by atoms with Gasteiger partial charge in [0.2, 0.25) is 0 Å². The molecular formula is C49H37N. The smallest absolute Gasteiger partial charge is 0.0543 e. The molecule has 0 amide bonds. The zero-order chi connectivity index (χ0) is 33.7. The first-order valence-corrected chi connectivity index (χ1v) is 17.4. The minimum atomic E-state index is -0.108. The van der Waals surface area contributed by atoms with Gasteiger partial charge in [0.15, 0.2) is 0 Å². The van der Waals surface area contributed by atoms with Gasteiger partial charge < -0.3 is 4.90 Å². The molecule has 0 N–H and O–H groups in total. The summed E-state index contributed by atoms with van der Waals surface area (Å²) >= 11 is 0. The van der Waals surface area contributed by atoms with Gasteiger partial charge in [0.25, 0.3) is 0 Å². The Morgan fingerprint density at radius 2 is 0.940 bits per heavy atom. The number of hydrogen-bond donors (Lipinski definition) is 0. The minimum Gasteiger partial charge on any atom is -0.309 e. The fraction of sp³-hybridized carbons (Fsp3) is 0.0612. The van der Waals surface area contributed by atoms with Gasteiger partial charge in [0.1, 0.15) is 0 Å². The van der Waals surface area contributed by atoms with Crippen LogP contribution >= 0.6 is 0 Å². The van der Waals surface area contributed by atoms with Gasteiger partial charge in [-0.15, -0.1) is 0 Å². The molecule has 0 aromatic heterocycles. The lowest BCUT2D eigenvalue weighted by Gasteiger charge is -2.31. The van der Waals surface area contributed by atoms with Crippen molar-refractivity contribution in [2.75, 3.05) is 4.90 Å². The van der Waals surface area contributed by atoms with Crippen LogP contribution in [0.4, 0.5) is 17.1 Å². The average Bonchev–Trinajstić information content (AvgIpc) is 3.42. The molecule has 0 bridgehead atoms. The Labute approximate surface area is 294 Å². The lowest BCUT2D eigenvalue weighted by molar-refractivity contribution is 0.660. The van der Waals surface area contributed by atoms with Crippen molar-refractivity contribution >= 4 is 27.8 Å². The Balaban J connectivity index is 1.32. The van der Waals surface area contributed by atoms with Crippen molar-refractivity contribution in [3.05, 3.63) is 199 Å². The summed E-state index contributed by atoms with van der Waals surface area (Å²) in [6, 6.07) is 68.7. The second-order valence-corrected chi connectivity index (χ2v) is 13.8. The highest BCUT2D eigenvalue weighted by Gasteiger charge is 2.38. The third-order valence-electron chi connectivity index (χ3n) is 10.5. The Hall–Kier alpha value is -6.18. The van der Waals surface area contributed by atoms with Crippen molar-refractivity contribution in [2.24, 2.45) is 0 Å². The molecule has 50 heavy (non-hydrogen) atoms. The molecule has 0 atom stereocenters. The van der Waals surface area contributed by atoms with Crippen LogP contribution < -0.4 is 4.90 Å². The van der Waals surface area contributed by atoms with Crippen LogP contribution in [0.15, 0.2) is 188 Å². The quantitative estimate of drug-likeness (QED) is 0.175. The van der Waals surface area contributed by atoms with Crippen LogP contribution in [0.5, 0.6) is 0 Å². The van der Waals surface area contributed by atoms with Crippen LogP contribution in [-0.2, 0) is 5.41 Å². The molecule has 0 saturated heterocycles. The second kappa shape index (κ2) is 12.1. The van der Waals surface area contributed by atoms with E-state index >= 15 is 0 Å². The summed E-state index contributed by atoms with van der Waals surface area (Å²) in [5.41, 5.74) is 15.9. The maximum Gasteiger partial charge on any atom is 0.0543 e. The van der Waals surface area contributed by atoms with E-state index in [-0.39, 0.29) is 5.41 Å². The summed E-state index contributed by atoms with van der Waals surface area (Å²) < 4.78 is 0. The van der Waals surface area contributed by atoms with Crippen LogP contribution in [0.1, 0.15) is 25.0 Å². The molecule has 9 rings (SSSR count). The van der Waals surface area contributed by atoms with Crippen molar-refractivity contribution in [1.82, 2.24) is 0 Å². The highest BCUT2D eigenvalue weighted by atomic mass is 15.1. The standard InChI is InChI=1S/C49H37N/c1-49(2)44-21-12-11-20-42(44)48-45(49)22-13-23-47(48)50(41-29-26-37(27-30-41)34-14-5-3-6-15-34)46-31-28-39(35-16-7-4-8-17-35)33-43(46)40-25-24-36-18-9-10-19-38(36)32-40/h3-33H,1-2H3. The van der Waals surface area contributed by atoms with E-state index in [0.717, 1.165) is 11.4 Å². The molecule has 0 aliphatic heterocycles. The van der Waals surface area contributed by atoms with E-state index < -0.39 is 0 Å². The SMILES string of the molecule is CC1(C)c2ccccc2-c2c(N(c3ccc(-c4ccccc4)cc3)c3ccc(-c4ccccc4)cc3-c3ccc4ccccc4c3)cccc21. The van der Waals surface area contributed by atoms with Crippen LogP contribution in [0.3, 0.4) is 0 Å².